The highest BCUT2D eigenvalue weighted by Crippen LogP contribution is 2.42. The summed E-state index contributed by atoms with van der Waals surface area (Å²) in [6.45, 7) is 0. The molecule has 0 saturated heterocycles. The van der Waals surface area contributed by atoms with E-state index in [4.69, 9.17) is 11.6 Å². The van der Waals surface area contributed by atoms with Gasteiger partial charge in [-0.2, -0.15) is 0 Å². The van der Waals surface area contributed by atoms with Crippen LogP contribution in [0.3, 0.4) is 0 Å². The standard InChI is InChI=1S/C11H13Br2ClS/c12-8-6-10(15-11(8)13)9(14)5-7-3-1-2-4-7/h6-7,9H,1-5H2. The molecule has 0 nitrogen and oxygen atoms in total. The van der Waals surface area contributed by atoms with Crippen LogP contribution in [0.5, 0.6) is 0 Å². The van der Waals surface area contributed by atoms with E-state index in [1.54, 1.807) is 11.3 Å². The van der Waals surface area contributed by atoms with Crippen LogP contribution in [0.25, 0.3) is 0 Å². The molecule has 0 bridgehead atoms. The molecule has 15 heavy (non-hydrogen) atoms. The summed E-state index contributed by atoms with van der Waals surface area (Å²) in [4.78, 5) is 1.28. The smallest absolute Gasteiger partial charge is 0.0843 e. The largest absolute Gasteiger partial charge is 0.131 e. The van der Waals surface area contributed by atoms with Crippen molar-refractivity contribution in [1.82, 2.24) is 0 Å². The third kappa shape index (κ3) is 3.21. The maximum atomic E-state index is 6.44. The van der Waals surface area contributed by atoms with Crippen molar-refractivity contribution in [1.29, 1.82) is 0 Å². The average Bonchev–Trinajstić information content (AvgIpc) is 2.78. The molecule has 1 saturated carbocycles. The minimum absolute atomic E-state index is 0.195. The van der Waals surface area contributed by atoms with E-state index in [9.17, 15) is 0 Å². The van der Waals surface area contributed by atoms with Gasteiger partial charge in [0.25, 0.3) is 0 Å². The molecule has 1 aromatic rings. The molecule has 1 aliphatic rings. The lowest BCUT2D eigenvalue weighted by molar-refractivity contribution is 0.498. The highest BCUT2D eigenvalue weighted by atomic mass is 79.9. The lowest BCUT2D eigenvalue weighted by Crippen LogP contribution is -1.97. The molecule has 1 fully saturated rings. The first kappa shape index (κ1) is 12.4. The van der Waals surface area contributed by atoms with E-state index in [-0.39, 0.29) is 5.38 Å². The van der Waals surface area contributed by atoms with Gasteiger partial charge in [-0.05, 0) is 50.3 Å². The highest BCUT2D eigenvalue weighted by Gasteiger charge is 2.21. The average molecular weight is 373 g/mol. The molecule has 1 heterocycles. The van der Waals surface area contributed by atoms with Crippen LogP contribution in [-0.2, 0) is 0 Å². The zero-order chi connectivity index (χ0) is 10.8. The van der Waals surface area contributed by atoms with Crippen LogP contribution in [0.15, 0.2) is 14.3 Å². The molecule has 1 aliphatic carbocycles. The topological polar surface area (TPSA) is 0 Å². The first-order valence-electron chi connectivity index (χ1n) is 5.25. The van der Waals surface area contributed by atoms with Crippen molar-refractivity contribution < 1.29 is 0 Å². The Morgan fingerprint density at radius 2 is 2.07 bits per heavy atom. The molecule has 0 aliphatic heterocycles. The van der Waals surface area contributed by atoms with Gasteiger partial charge in [0.15, 0.2) is 0 Å². The summed E-state index contributed by atoms with van der Waals surface area (Å²) in [6, 6.07) is 2.14. The van der Waals surface area contributed by atoms with E-state index < -0.39 is 0 Å². The summed E-state index contributed by atoms with van der Waals surface area (Å²) < 4.78 is 2.27. The van der Waals surface area contributed by atoms with Gasteiger partial charge < -0.3 is 0 Å². The van der Waals surface area contributed by atoms with Gasteiger partial charge in [0.05, 0.1) is 9.16 Å². The van der Waals surface area contributed by atoms with Crippen LogP contribution >= 0.6 is 54.8 Å². The minimum atomic E-state index is 0.195. The predicted octanol–water partition coefficient (Wildman–Crippen LogP) is 6.13. The fraction of sp³-hybridized carbons (Fsp3) is 0.636. The summed E-state index contributed by atoms with van der Waals surface area (Å²) in [7, 11) is 0. The molecular weight excluding hydrogens is 359 g/mol. The Morgan fingerprint density at radius 1 is 1.40 bits per heavy atom. The molecule has 1 aromatic heterocycles. The molecule has 0 N–H and O–H groups in total. The van der Waals surface area contributed by atoms with Gasteiger partial charge in [0, 0.05) is 9.35 Å². The summed E-state index contributed by atoms with van der Waals surface area (Å²) >= 11 is 15.2. The van der Waals surface area contributed by atoms with E-state index >= 15 is 0 Å². The van der Waals surface area contributed by atoms with Crippen LogP contribution in [0.1, 0.15) is 42.4 Å². The fourth-order valence-electron chi connectivity index (χ4n) is 2.17. The normalized spacial score (nSPS) is 19.7. The number of alkyl halides is 1. The molecule has 84 valence electrons. The molecule has 0 amide bonds. The summed E-state index contributed by atoms with van der Waals surface area (Å²) in [5.74, 6) is 0.854. The summed E-state index contributed by atoms with van der Waals surface area (Å²) in [6.07, 6.45) is 6.67. The van der Waals surface area contributed by atoms with Gasteiger partial charge in [-0.1, -0.05) is 25.7 Å². The molecule has 0 spiro atoms. The molecular formula is C11H13Br2ClS. The quantitative estimate of drug-likeness (QED) is 0.560. The minimum Gasteiger partial charge on any atom is -0.131 e. The third-order valence-corrected chi connectivity index (χ3v) is 6.90. The van der Waals surface area contributed by atoms with Gasteiger partial charge in [-0.15, -0.1) is 22.9 Å². The van der Waals surface area contributed by atoms with Crippen molar-refractivity contribution in [3.63, 3.8) is 0 Å². The maximum Gasteiger partial charge on any atom is 0.0843 e. The van der Waals surface area contributed by atoms with E-state index in [2.05, 4.69) is 37.9 Å². The van der Waals surface area contributed by atoms with E-state index in [1.165, 1.54) is 30.6 Å². The van der Waals surface area contributed by atoms with Crippen LogP contribution < -0.4 is 0 Å². The fourth-order valence-corrected chi connectivity index (χ4v) is 4.70. The Morgan fingerprint density at radius 3 is 2.60 bits per heavy atom. The van der Waals surface area contributed by atoms with Gasteiger partial charge in [0.1, 0.15) is 0 Å². The molecule has 0 radical (unpaired) electrons. The van der Waals surface area contributed by atoms with Crippen LogP contribution in [-0.4, -0.2) is 0 Å². The third-order valence-electron chi connectivity index (χ3n) is 2.99. The number of hydrogen-bond acceptors (Lipinski definition) is 1. The number of thiophene rings is 1. The van der Waals surface area contributed by atoms with Crippen molar-refractivity contribution >= 4 is 54.8 Å². The second kappa shape index (κ2) is 5.52. The molecule has 4 heteroatoms. The Bertz CT molecular complexity index is 312. The maximum absolute atomic E-state index is 6.44. The van der Waals surface area contributed by atoms with E-state index in [0.717, 1.165) is 20.6 Å². The monoisotopic (exact) mass is 370 g/mol. The first-order chi connectivity index (χ1) is 7.16. The van der Waals surface area contributed by atoms with Crippen molar-refractivity contribution in [3.8, 4) is 0 Å². The van der Waals surface area contributed by atoms with Gasteiger partial charge in [-0.3, -0.25) is 0 Å². The van der Waals surface area contributed by atoms with Crippen molar-refractivity contribution in [3.05, 3.63) is 19.2 Å². The Kier molecular flexibility index (Phi) is 4.57. The van der Waals surface area contributed by atoms with Gasteiger partial charge >= 0.3 is 0 Å². The van der Waals surface area contributed by atoms with Crippen molar-refractivity contribution in [2.24, 2.45) is 5.92 Å². The van der Waals surface area contributed by atoms with Crippen molar-refractivity contribution in [2.45, 2.75) is 37.5 Å². The van der Waals surface area contributed by atoms with Gasteiger partial charge in [0.2, 0.25) is 0 Å². The Labute approximate surface area is 117 Å². The van der Waals surface area contributed by atoms with Crippen LogP contribution in [0.4, 0.5) is 0 Å². The molecule has 0 aromatic carbocycles. The molecule has 2 rings (SSSR count). The second-order valence-electron chi connectivity index (χ2n) is 4.12. The summed E-state index contributed by atoms with van der Waals surface area (Å²) in [5.41, 5.74) is 0. The first-order valence-corrected chi connectivity index (χ1v) is 8.09. The van der Waals surface area contributed by atoms with E-state index in [1.807, 2.05) is 0 Å². The number of rotatable bonds is 3. The zero-order valence-corrected chi connectivity index (χ0v) is 13.1. The summed E-state index contributed by atoms with van der Waals surface area (Å²) in [5, 5.41) is 0.195. The van der Waals surface area contributed by atoms with Crippen molar-refractivity contribution in [2.75, 3.05) is 0 Å². The molecule has 1 atom stereocenters. The lowest BCUT2D eigenvalue weighted by atomic mass is 10.0. The predicted molar refractivity (Wildman–Crippen MR) is 74.9 cm³/mol. The second-order valence-corrected chi connectivity index (χ2v) is 7.91. The lowest BCUT2D eigenvalue weighted by Gasteiger charge is -2.12. The van der Waals surface area contributed by atoms with Crippen LogP contribution in [0.2, 0.25) is 0 Å². The zero-order valence-electron chi connectivity index (χ0n) is 8.31. The Balaban J connectivity index is 1.97. The van der Waals surface area contributed by atoms with Crippen LogP contribution in [0, 0.1) is 5.92 Å². The van der Waals surface area contributed by atoms with Gasteiger partial charge in [-0.25, -0.2) is 0 Å². The number of hydrogen-bond donors (Lipinski definition) is 0. The highest BCUT2D eigenvalue weighted by molar-refractivity contribution is 9.13. The SMILES string of the molecule is ClC(CC1CCCC1)c1cc(Br)c(Br)s1. The Hall–Kier alpha value is 0.950. The number of halogens is 3. The molecule has 1 unspecified atom stereocenters. The van der Waals surface area contributed by atoms with E-state index in [0.29, 0.717) is 0 Å².